The van der Waals surface area contributed by atoms with Crippen molar-refractivity contribution in [3.8, 4) is 0 Å². The van der Waals surface area contributed by atoms with Gasteiger partial charge in [0.15, 0.2) is 0 Å². The van der Waals surface area contributed by atoms with Gasteiger partial charge in [-0.05, 0) is 24.9 Å². The van der Waals surface area contributed by atoms with Gasteiger partial charge in [-0.2, -0.15) is 4.98 Å². The smallest absolute Gasteiger partial charge is 0.265 e. The third-order valence-electron chi connectivity index (χ3n) is 3.53. The number of anilines is 1. The van der Waals surface area contributed by atoms with Crippen molar-refractivity contribution >= 4 is 5.95 Å². The number of nitrogens with zero attached hydrogens (tertiary/aromatic N) is 3. The molecule has 1 aliphatic heterocycles. The summed E-state index contributed by atoms with van der Waals surface area (Å²) in [6.45, 7) is 4.83. The van der Waals surface area contributed by atoms with Crippen molar-refractivity contribution in [3.05, 3.63) is 5.89 Å². The lowest BCUT2D eigenvalue weighted by Gasteiger charge is -2.32. The van der Waals surface area contributed by atoms with Gasteiger partial charge in [-0.1, -0.05) is 0 Å². The fraction of sp³-hybridized carbons (Fsp3) is 0.818. The molecule has 6 nitrogen and oxygen atoms in total. The van der Waals surface area contributed by atoms with Crippen LogP contribution in [0.5, 0.6) is 0 Å². The second kappa shape index (κ2) is 5.01. The minimum absolute atomic E-state index is 0.196. The van der Waals surface area contributed by atoms with Crippen molar-refractivity contribution in [1.82, 2.24) is 10.1 Å². The first kappa shape index (κ1) is 12.3. The molecule has 2 heterocycles. The number of hydrogen-bond acceptors (Lipinski definition) is 6. The molecule has 96 valence electrons. The first-order valence-electron chi connectivity index (χ1n) is 6.05. The average molecular weight is 240 g/mol. The van der Waals surface area contributed by atoms with Crippen molar-refractivity contribution in [3.63, 3.8) is 0 Å². The van der Waals surface area contributed by atoms with Crippen molar-refractivity contribution < 1.29 is 9.26 Å². The van der Waals surface area contributed by atoms with Crippen LogP contribution in [-0.2, 0) is 10.2 Å². The number of aromatic nitrogens is 2. The largest absolute Gasteiger partial charge is 0.381 e. The number of rotatable bonds is 4. The van der Waals surface area contributed by atoms with E-state index in [2.05, 4.69) is 10.1 Å². The molecule has 1 aromatic rings. The Labute approximate surface area is 101 Å². The molecule has 1 fully saturated rings. The Morgan fingerprint density at radius 3 is 2.71 bits per heavy atom. The van der Waals surface area contributed by atoms with E-state index < -0.39 is 0 Å². The Bertz CT molecular complexity index is 360. The van der Waals surface area contributed by atoms with E-state index in [1.165, 1.54) is 0 Å². The van der Waals surface area contributed by atoms with E-state index in [9.17, 15) is 0 Å². The highest BCUT2D eigenvalue weighted by atomic mass is 16.5. The van der Waals surface area contributed by atoms with Gasteiger partial charge in [-0.15, -0.1) is 0 Å². The summed E-state index contributed by atoms with van der Waals surface area (Å²) in [4.78, 5) is 6.40. The predicted octanol–water partition coefficient (Wildman–Crippen LogP) is 0.533. The van der Waals surface area contributed by atoms with Gasteiger partial charge in [0.1, 0.15) is 0 Å². The SMILES string of the molecule is CCN(C)c1noc(C2(CN)CCOCC2)n1. The summed E-state index contributed by atoms with van der Waals surface area (Å²) in [6, 6.07) is 0. The van der Waals surface area contributed by atoms with Gasteiger partial charge in [0, 0.05) is 33.4 Å². The summed E-state index contributed by atoms with van der Waals surface area (Å²) in [5.41, 5.74) is 5.69. The highest BCUT2D eigenvalue weighted by Crippen LogP contribution is 2.33. The number of nitrogens with two attached hydrogens (primary N) is 1. The summed E-state index contributed by atoms with van der Waals surface area (Å²) < 4.78 is 10.8. The fourth-order valence-electron chi connectivity index (χ4n) is 2.00. The zero-order chi connectivity index (χ0) is 12.3. The molecule has 2 rings (SSSR count). The second-order valence-electron chi connectivity index (χ2n) is 4.51. The maximum absolute atomic E-state index is 5.89. The predicted molar refractivity (Wildman–Crippen MR) is 64.0 cm³/mol. The van der Waals surface area contributed by atoms with Gasteiger partial charge in [-0.3, -0.25) is 0 Å². The Morgan fingerprint density at radius 1 is 1.41 bits per heavy atom. The molecule has 0 bridgehead atoms. The van der Waals surface area contributed by atoms with E-state index in [4.69, 9.17) is 15.0 Å². The van der Waals surface area contributed by atoms with Gasteiger partial charge >= 0.3 is 0 Å². The summed E-state index contributed by atoms with van der Waals surface area (Å²) in [6.07, 6.45) is 1.70. The second-order valence-corrected chi connectivity index (χ2v) is 4.51. The Hall–Kier alpha value is -1.14. The number of ether oxygens (including phenoxy) is 1. The molecular formula is C11H20N4O2. The lowest BCUT2D eigenvalue weighted by atomic mass is 9.80. The van der Waals surface area contributed by atoms with E-state index in [0.29, 0.717) is 31.6 Å². The van der Waals surface area contributed by atoms with E-state index >= 15 is 0 Å². The van der Waals surface area contributed by atoms with Crippen molar-refractivity contribution in [2.75, 3.05) is 38.3 Å². The van der Waals surface area contributed by atoms with Gasteiger partial charge in [0.05, 0.1) is 5.41 Å². The molecule has 1 aliphatic rings. The topological polar surface area (TPSA) is 77.4 Å². The van der Waals surface area contributed by atoms with Crippen LogP contribution in [0.1, 0.15) is 25.7 Å². The Morgan fingerprint density at radius 2 is 2.12 bits per heavy atom. The van der Waals surface area contributed by atoms with Crippen LogP contribution in [0.4, 0.5) is 5.95 Å². The minimum Gasteiger partial charge on any atom is -0.381 e. The van der Waals surface area contributed by atoms with E-state index in [-0.39, 0.29) is 5.41 Å². The molecule has 0 unspecified atom stereocenters. The molecule has 0 spiro atoms. The molecule has 0 atom stereocenters. The van der Waals surface area contributed by atoms with Crippen LogP contribution in [0.3, 0.4) is 0 Å². The Balaban J connectivity index is 2.22. The monoisotopic (exact) mass is 240 g/mol. The van der Waals surface area contributed by atoms with Crippen LogP contribution in [0.2, 0.25) is 0 Å². The molecule has 0 saturated carbocycles. The Kier molecular flexibility index (Phi) is 3.63. The molecule has 0 aromatic carbocycles. The maximum atomic E-state index is 5.89. The normalized spacial score (nSPS) is 19.2. The van der Waals surface area contributed by atoms with Crippen molar-refractivity contribution in [1.29, 1.82) is 0 Å². The van der Waals surface area contributed by atoms with E-state index in [1.807, 2.05) is 18.9 Å². The summed E-state index contributed by atoms with van der Waals surface area (Å²) >= 11 is 0. The van der Waals surface area contributed by atoms with Crippen LogP contribution < -0.4 is 10.6 Å². The number of hydrogen-bond donors (Lipinski definition) is 1. The van der Waals surface area contributed by atoms with Gasteiger partial charge in [-0.25, -0.2) is 0 Å². The molecule has 0 amide bonds. The fourth-order valence-corrected chi connectivity index (χ4v) is 2.00. The quantitative estimate of drug-likeness (QED) is 0.827. The average Bonchev–Trinajstić information content (AvgIpc) is 2.88. The van der Waals surface area contributed by atoms with Crippen molar-refractivity contribution in [2.24, 2.45) is 5.73 Å². The van der Waals surface area contributed by atoms with Gasteiger partial charge < -0.3 is 19.9 Å². The lowest BCUT2D eigenvalue weighted by Crippen LogP contribution is -2.41. The van der Waals surface area contributed by atoms with Crippen molar-refractivity contribution in [2.45, 2.75) is 25.2 Å². The molecule has 17 heavy (non-hydrogen) atoms. The zero-order valence-corrected chi connectivity index (χ0v) is 10.5. The van der Waals surface area contributed by atoms with Crippen LogP contribution in [0, 0.1) is 0 Å². The molecule has 1 aromatic heterocycles. The third kappa shape index (κ3) is 2.28. The van der Waals surface area contributed by atoms with E-state index in [0.717, 1.165) is 19.4 Å². The molecule has 6 heteroatoms. The zero-order valence-electron chi connectivity index (χ0n) is 10.5. The third-order valence-corrected chi connectivity index (χ3v) is 3.53. The van der Waals surface area contributed by atoms with Crippen LogP contribution in [0.25, 0.3) is 0 Å². The van der Waals surface area contributed by atoms with Crippen LogP contribution in [-0.4, -0.2) is 43.5 Å². The van der Waals surface area contributed by atoms with E-state index in [1.54, 1.807) is 0 Å². The minimum atomic E-state index is -0.196. The molecule has 0 radical (unpaired) electrons. The van der Waals surface area contributed by atoms with Crippen LogP contribution >= 0.6 is 0 Å². The molecule has 0 aliphatic carbocycles. The standard InChI is InChI=1S/C11H20N4O2/c1-3-15(2)10-13-9(17-14-10)11(8-12)4-6-16-7-5-11/h3-8,12H2,1-2H3. The first-order valence-corrected chi connectivity index (χ1v) is 6.05. The first-order chi connectivity index (χ1) is 8.22. The van der Waals surface area contributed by atoms with Gasteiger partial charge in [0.2, 0.25) is 5.89 Å². The summed E-state index contributed by atoms with van der Waals surface area (Å²) in [7, 11) is 1.94. The summed E-state index contributed by atoms with van der Waals surface area (Å²) in [5, 5.41) is 4.00. The van der Waals surface area contributed by atoms with Gasteiger partial charge in [0.25, 0.3) is 5.95 Å². The highest BCUT2D eigenvalue weighted by molar-refractivity contribution is 5.27. The molecule has 1 saturated heterocycles. The summed E-state index contributed by atoms with van der Waals surface area (Å²) in [5.74, 6) is 1.28. The lowest BCUT2D eigenvalue weighted by molar-refractivity contribution is 0.0409. The highest BCUT2D eigenvalue weighted by Gasteiger charge is 2.38. The maximum Gasteiger partial charge on any atom is 0.265 e. The van der Waals surface area contributed by atoms with Crippen LogP contribution in [0.15, 0.2) is 4.52 Å². The molecule has 2 N–H and O–H groups in total. The molecular weight excluding hydrogens is 220 g/mol.